The first-order valence-electron chi connectivity index (χ1n) is 12.4. The average Bonchev–Trinajstić information content (AvgIpc) is 2.64. The van der Waals surface area contributed by atoms with Gasteiger partial charge in [-0.2, -0.15) is 0 Å². The SMILES string of the molecule is CC(C)(C)NC(=O)[C@H]1C[C@H]2CCCC[C@H]2CN1C(=O)C12CC3CC(CC(C3)C1)C2. The molecule has 0 radical (unpaired) electrons. The van der Waals surface area contributed by atoms with Gasteiger partial charge in [0.25, 0.3) is 0 Å². The highest BCUT2D eigenvalue weighted by Gasteiger charge is 2.57. The van der Waals surface area contributed by atoms with Crippen molar-refractivity contribution in [2.75, 3.05) is 6.54 Å². The molecule has 4 nitrogen and oxygen atoms in total. The third-order valence-corrected chi connectivity index (χ3v) is 8.95. The first-order valence-corrected chi connectivity index (χ1v) is 12.4. The van der Waals surface area contributed by atoms with Gasteiger partial charge in [0.2, 0.25) is 11.8 Å². The summed E-state index contributed by atoms with van der Waals surface area (Å²) < 4.78 is 0. The molecule has 1 N–H and O–H groups in total. The van der Waals surface area contributed by atoms with E-state index in [1.54, 1.807) is 0 Å². The number of carbonyl (C=O) groups is 2. The highest BCUT2D eigenvalue weighted by molar-refractivity contribution is 5.91. The molecule has 2 amide bonds. The zero-order valence-electron chi connectivity index (χ0n) is 18.7. The van der Waals surface area contributed by atoms with Crippen LogP contribution in [0.4, 0.5) is 0 Å². The first-order chi connectivity index (χ1) is 13.7. The number of nitrogens with zero attached hydrogens (tertiary/aromatic N) is 1. The van der Waals surface area contributed by atoms with Crippen molar-refractivity contribution >= 4 is 11.8 Å². The van der Waals surface area contributed by atoms with Crippen LogP contribution in [0, 0.1) is 35.0 Å². The van der Waals surface area contributed by atoms with Gasteiger partial charge in [0.15, 0.2) is 0 Å². The highest BCUT2D eigenvalue weighted by atomic mass is 16.2. The second kappa shape index (κ2) is 6.99. The maximum Gasteiger partial charge on any atom is 0.243 e. The number of nitrogens with one attached hydrogen (secondary N) is 1. The van der Waals surface area contributed by atoms with Gasteiger partial charge < -0.3 is 10.2 Å². The molecule has 1 aliphatic heterocycles. The van der Waals surface area contributed by atoms with E-state index in [-0.39, 0.29) is 22.9 Å². The van der Waals surface area contributed by atoms with E-state index in [0.29, 0.717) is 17.7 Å². The van der Waals surface area contributed by atoms with Gasteiger partial charge in [-0.1, -0.05) is 19.3 Å². The Kier molecular flexibility index (Phi) is 4.79. The molecular formula is C25H40N2O2. The summed E-state index contributed by atoms with van der Waals surface area (Å²) >= 11 is 0. The number of likely N-dealkylation sites (tertiary alicyclic amines) is 1. The second-order valence-corrected chi connectivity index (χ2v) is 12.5. The third kappa shape index (κ3) is 3.63. The van der Waals surface area contributed by atoms with Crippen LogP contribution >= 0.6 is 0 Å². The summed E-state index contributed by atoms with van der Waals surface area (Å²) in [7, 11) is 0. The van der Waals surface area contributed by atoms with Crippen molar-refractivity contribution in [2.45, 2.75) is 103 Å². The topological polar surface area (TPSA) is 49.4 Å². The molecule has 0 aromatic carbocycles. The Morgan fingerprint density at radius 1 is 0.862 bits per heavy atom. The van der Waals surface area contributed by atoms with Crippen molar-refractivity contribution in [1.82, 2.24) is 10.2 Å². The molecule has 0 aromatic rings. The molecule has 0 aromatic heterocycles. The molecule has 1 saturated heterocycles. The summed E-state index contributed by atoms with van der Waals surface area (Å²) in [5.74, 6) is 3.97. The normalized spacial score (nSPS) is 43.8. The van der Waals surface area contributed by atoms with Crippen molar-refractivity contribution in [1.29, 1.82) is 0 Å². The predicted octanol–water partition coefficient (Wildman–Crippen LogP) is 4.52. The minimum atomic E-state index is -0.255. The van der Waals surface area contributed by atoms with Gasteiger partial charge in [-0.15, -0.1) is 0 Å². The van der Waals surface area contributed by atoms with Crippen molar-refractivity contribution in [2.24, 2.45) is 35.0 Å². The minimum absolute atomic E-state index is 0.0830. The quantitative estimate of drug-likeness (QED) is 0.741. The van der Waals surface area contributed by atoms with Gasteiger partial charge in [0.1, 0.15) is 6.04 Å². The molecule has 0 unspecified atom stereocenters. The summed E-state index contributed by atoms with van der Waals surface area (Å²) in [6.07, 6.45) is 13.3. The van der Waals surface area contributed by atoms with Crippen molar-refractivity contribution in [3.05, 3.63) is 0 Å². The average molecular weight is 401 g/mol. The molecular weight excluding hydrogens is 360 g/mol. The van der Waals surface area contributed by atoms with Crippen LogP contribution in [0.15, 0.2) is 0 Å². The number of rotatable bonds is 2. The standard InChI is InChI=1S/C25H40N2O2/c1-24(2,3)26-22(28)21-11-19-6-4-5-7-20(19)15-27(21)23(29)25-12-16-8-17(13-25)10-18(9-16)14-25/h16-21H,4-15H2,1-3H3,(H,26,28)/t16?,17?,18?,19-,20+,21-,25?/m1/s1. The number of piperidine rings is 1. The molecule has 4 bridgehead atoms. The maximum absolute atomic E-state index is 14.2. The fourth-order valence-electron chi connectivity index (χ4n) is 8.23. The Labute approximate surface area is 176 Å². The molecule has 0 spiro atoms. The Balaban J connectivity index is 1.42. The van der Waals surface area contributed by atoms with Gasteiger partial charge in [-0.05, 0) is 102 Å². The lowest BCUT2D eigenvalue weighted by atomic mass is 9.49. The van der Waals surface area contributed by atoms with Crippen LogP contribution in [0.5, 0.6) is 0 Å². The van der Waals surface area contributed by atoms with Crippen molar-refractivity contribution in [3.63, 3.8) is 0 Å². The molecule has 6 rings (SSSR count). The number of amides is 2. The van der Waals surface area contributed by atoms with Crippen LogP contribution in [0.25, 0.3) is 0 Å². The molecule has 5 saturated carbocycles. The van der Waals surface area contributed by atoms with Crippen LogP contribution in [-0.2, 0) is 9.59 Å². The third-order valence-electron chi connectivity index (χ3n) is 8.95. The van der Waals surface area contributed by atoms with E-state index in [1.165, 1.54) is 44.9 Å². The lowest BCUT2D eigenvalue weighted by molar-refractivity contribution is -0.167. The van der Waals surface area contributed by atoms with Gasteiger partial charge in [0.05, 0.1) is 5.41 Å². The number of hydrogen-bond donors (Lipinski definition) is 1. The lowest BCUT2D eigenvalue weighted by Crippen LogP contribution is -2.63. The summed E-state index contributed by atoms with van der Waals surface area (Å²) in [6.45, 7) is 6.96. The molecule has 6 fully saturated rings. The van der Waals surface area contributed by atoms with E-state index in [4.69, 9.17) is 0 Å². The zero-order chi connectivity index (χ0) is 20.4. The number of carbonyl (C=O) groups excluding carboxylic acids is 2. The molecule has 4 heteroatoms. The summed E-state index contributed by atoms with van der Waals surface area (Å²) in [4.78, 5) is 29.6. The summed E-state index contributed by atoms with van der Waals surface area (Å²) in [6, 6.07) is -0.255. The first kappa shape index (κ1) is 19.9. The Bertz CT molecular complexity index is 644. The van der Waals surface area contributed by atoms with Crippen LogP contribution in [0.3, 0.4) is 0 Å². The van der Waals surface area contributed by atoms with Crippen LogP contribution < -0.4 is 5.32 Å². The van der Waals surface area contributed by atoms with Gasteiger partial charge in [-0.25, -0.2) is 0 Å². The minimum Gasteiger partial charge on any atom is -0.350 e. The van der Waals surface area contributed by atoms with Gasteiger partial charge in [0, 0.05) is 12.1 Å². The molecule has 162 valence electrons. The second-order valence-electron chi connectivity index (χ2n) is 12.5. The Hall–Kier alpha value is -1.06. The predicted molar refractivity (Wildman–Crippen MR) is 114 cm³/mol. The van der Waals surface area contributed by atoms with E-state index in [2.05, 4.69) is 10.2 Å². The van der Waals surface area contributed by atoms with Crippen molar-refractivity contribution < 1.29 is 9.59 Å². The fraction of sp³-hybridized carbons (Fsp3) is 0.920. The molecule has 29 heavy (non-hydrogen) atoms. The smallest absolute Gasteiger partial charge is 0.243 e. The summed E-state index contributed by atoms with van der Waals surface area (Å²) in [5, 5.41) is 3.21. The van der Waals surface area contributed by atoms with Crippen LogP contribution in [0.2, 0.25) is 0 Å². The van der Waals surface area contributed by atoms with E-state index >= 15 is 0 Å². The maximum atomic E-state index is 14.2. The largest absolute Gasteiger partial charge is 0.350 e. The highest BCUT2D eigenvalue weighted by Crippen LogP contribution is 2.61. The van der Waals surface area contributed by atoms with Crippen molar-refractivity contribution in [3.8, 4) is 0 Å². The Morgan fingerprint density at radius 3 is 1.97 bits per heavy atom. The molecule has 3 atom stereocenters. The lowest BCUT2D eigenvalue weighted by Gasteiger charge is -2.58. The fourth-order valence-corrected chi connectivity index (χ4v) is 8.23. The number of fused-ring (bicyclic) bond motifs is 1. The zero-order valence-corrected chi connectivity index (χ0v) is 18.7. The molecule has 1 heterocycles. The van der Waals surface area contributed by atoms with Crippen LogP contribution in [0.1, 0.15) is 91.4 Å². The molecule has 6 aliphatic rings. The van der Waals surface area contributed by atoms with E-state index in [0.717, 1.165) is 50.0 Å². The van der Waals surface area contributed by atoms with E-state index < -0.39 is 0 Å². The summed E-state index contributed by atoms with van der Waals surface area (Å²) in [5.41, 5.74) is -0.396. The number of hydrogen-bond acceptors (Lipinski definition) is 2. The molecule has 5 aliphatic carbocycles. The van der Waals surface area contributed by atoms with Gasteiger partial charge >= 0.3 is 0 Å². The van der Waals surface area contributed by atoms with Crippen LogP contribution in [-0.4, -0.2) is 34.8 Å². The Morgan fingerprint density at radius 2 is 1.41 bits per heavy atom. The van der Waals surface area contributed by atoms with Gasteiger partial charge in [-0.3, -0.25) is 9.59 Å². The monoisotopic (exact) mass is 400 g/mol. The van der Waals surface area contributed by atoms with E-state index in [9.17, 15) is 9.59 Å². The van der Waals surface area contributed by atoms with E-state index in [1.807, 2.05) is 20.8 Å².